The smallest absolute Gasteiger partial charge is 0.324 e. The molecule has 4 aromatic rings. The Labute approximate surface area is 250 Å². The first-order chi connectivity index (χ1) is 18.5. The highest BCUT2D eigenvalue weighted by Gasteiger charge is 2.48. The molecule has 1 aliphatic rings. The number of carbonyl (C=O) groups is 2. The molecule has 9 nitrogen and oxygen atoms in total. The number of nitrogens with zero attached hydrogens (tertiary/aromatic N) is 1. The number of para-hydroxylation sites is 1. The largest absolute Gasteiger partial charge is 0.487 e. The van der Waals surface area contributed by atoms with E-state index in [1.54, 1.807) is 12.1 Å². The molecular formula is C28H22I2N2O7. The average molecular weight is 752 g/mol. The molecule has 0 saturated carbocycles. The predicted octanol–water partition coefficient (Wildman–Crippen LogP) is 6.45. The zero-order valence-electron chi connectivity index (χ0n) is 20.8. The van der Waals surface area contributed by atoms with Crippen LogP contribution in [-0.4, -0.2) is 27.6 Å². The van der Waals surface area contributed by atoms with Gasteiger partial charge in [0.1, 0.15) is 12.4 Å². The zero-order chi connectivity index (χ0) is 27.9. The molecule has 0 radical (unpaired) electrons. The van der Waals surface area contributed by atoms with Gasteiger partial charge in [0.25, 0.3) is 11.5 Å². The van der Waals surface area contributed by atoms with Crippen LogP contribution in [0.15, 0.2) is 66.9 Å². The summed E-state index contributed by atoms with van der Waals surface area (Å²) in [6.07, 6.45) is 1.81. The second-order valence-electron chi connectivity index (χ2n) is 9.51. The summed E-state index contributed by atoms with van der Waals surface area (Å²) in [5, 5.41) is 11.8. The Morgan fingerprint density at radius 1 is 1.03 bits per heavy atom. The maximum Gasteiger partial charge on any atom is 0.324 e. The van der Waals surface area contributed by atoms with Crippen molar-refractivity contribution in [3.8, 4) is 5.75 Å². The van der Waals surface area contributed by atoms with Crippen LogP contribution in [0.2, 0.25) is 0 Å². The van der Waals surface area contributed by atoms with Gasteiger partial charge in [0.15, 0.2) is 5.92 Å². The van der Waals surface area contributed by atoms with Crippen molar-refractivity contribution >= 4 is 73.7 Å². The summed E-state index contributed by atoms with van der Waals surface area (Å²) in [7, 11) is 0. The molecule has 0 unspecified atom stereocenters. The van der Waals surface area contributed by atoms with Crippen molar-refractivity contribution in [2.24, 2.45) is 5.92 Å². The molecule has 2 heterocycles. The van der Waals surface area contributed by atoms with E-state index in [1.165, 1.54) is 26.0 Å². The SMILES string of the molecule is CC1(C)OC(=O)C([C@H](c2cc(I)c(OCc3ccc([N+](=O)[O-])cc3)c(I)c2)c2c[nH]c3ccccc23)C(=O)O1. The molecule has 1 saturated heterocycles. The van der Waals surface area contributed by atoms with E-state index in [4.69, 9.17) is 14.2 Å². The first kappa shape index (κ1) is 27.4. The van der Waals surface area contributed by atoms with Gasteiger partial charge in [0, 0.05) is 49.0 Å². The van der Waals surface area contributed by atoms with Crippen molar-refractivity contribution in [2.75, 3.05) is 0 Å². The van der Waals surface area contributed by atoms with Gasteiger partial charge in [0.2, 0.25) is 0 Å². The molecule has 200 valence electrons. The Morgan fingerprint density at radius 2 is 1.64 bits per heavy atom. The third-order valence-electron chi connectivity index (χ3n) is 6.40. The number of cyclic esters (lactones) is 2. The third kappa shape index (κ3) is 5.60. The van der Waals surface area contributed by atoms with Crippen molar-refractivity contribution in [1.82, 2.24) is 4.98 Å². The molecule has 0 amide bonds. The maximum atomic E-state index is 13.2. The number of hydrogen-bond donors (Lipinski definition) is 1. The number of nitro groups is 1. The number of ether oxygens (including phenoxy) is 3. The number of nitro benzene ring substituents is 1. The number of aromatic amines is 1. The molecule has 1 N–H and O–H groups in total. The molecule has 5 rings (SSSR count). The summed E-state index contributed by atoms with van der Waals surface area (Å²) in [5.74, 6) is -3.87. The quantitative estimate of drug-likeness (QED) is 0.0758. The van der Waals surface area contributed by atoms with E-state index >= 15 is 0 Å². The Balaban J connectivity index is 1.52. The number of benzene rings is 3. The van der Waals surface area contributed by atoms with E-state index in [-0.39, 0.29) is 12.3 Å². The molecule has 1 fully saturated rings. The van der Waals surface area contributed by atoms with Gasteiger partial charge in [0.05, 0.1) is 12.1 Å². The Morgan fingerprint density at radius 3 is 2.26 bits per heavy atom. The number of hydrogen-bond acceptors (Lipinski definition) is 7. The summed E-state index contributed by atoms with van der Waals surface area (Å²) in [6.45, 7) is 3.27. The van der Waals surface area contributed by atoms with Crippen LogP contribution in [0.4, 0.5) is 5.69 Å². The van der Waals surface area contributed by atoms with Crippen LogP contribution in [-0.2, 0) is 25.7 Å². The van der Waals surface area contributed by atoms with E-state index in [2.05, 4.69) is 50.2 Å². The predicted molar refractivity (Wildman–Crippen MR) is 159 cm³/mol. The van der Waals surface area contributed by atoms with E-state index < -0.39 is 34.5 Å². The first-order valence-corrected chi connectivity index (χ1v) is 14.1. The minimum Gasteiger partial charge on any atom is -0.487 e. The van der Waals surface area contributed by atoms with E-state index in [1.807, 2.05) is 42.6 Å². The topological polar surface area (TPSA) is 121 Å². The fraction of sp³-hybridized carbons (Fsp3) is 0.214. The summed E-state index contributed by atoms with van der Waals surface area (Å²) < 4.78 is 18.6. The molecule has 0 bridgehead atoms. The number of esters is 2. The van der Waals surface area contributed by atoms with Gasteiger partial charge in [-0.25, -0.2) is 0 Å². The molecule has 3 aromatic carbocycles. The summed E-state index contributed by atoms with van der Waals surface area (Å²) in [4.78, 5) is 40.2. The average Bonchev–Trinajstić information content (AvgIpc) is 3.29. The molecule has 1 aromatic heterocycles. The molecular weight excluding hydrogens is 730 g/mol. The van der Waals surface area contributed by atoms with Gasteiger partial charge in [-0.15, -0.1) is 0 Å². The number of carbonyl (C=O) groups excluding carboxylic acids is 2. The maximum absolute atomic E-state index is 13.2. The third-order valence-corrected chi connectivity index (χ3v) is 8.00. The number of non-ortho nitro benzene ring substituents is 1. The van der Waals surface area contributed by atoms with Gasteiger partial charge in [-0.05, 0) is 92.2 Å². The van der Waals surface area contributed by atoms with Crippen molar-refractivity contribution in [1.29, 1.82) is 0 Å². The lowest BCUT2D eigenvalue weighted by Gasteiger charge is -2.36. The summed E-state index contributed by atoms with van der Waals surface area (Å²) in [6, 6.07) is 17.6. The molecule has 39 heavy (non-hydrogen) atoms. The Bertz CT molecular complexity index is 1550. The fourth-order valence-electron chi connectivity index (χ4n) is 4.67. The zero-order valence-corrected chi connectivity index (χ0v) is 25.1. The number of H-pyrrole nitrogens is 1. The fourth-order valence-corrected chi connectivity index (χ4v) is 6.80. The van der Waals surface area contributed by atoms with E-state index in [0.29, 0.717) is 5.75 Å². The van der Waals surface area contributed by atoms with Crippen LogP contribution in [0.25, 0.3) is 10.9 Å². The van der Waals surface area contributed by atoms with Gasteiger partial charge >= 0.3 is 11.9 Å². The monoisotopic (exact) mass is 752 g/mol. The minimum absolute atomic E-state index is 0.0127. The number of aromatic nitrogens is 1. The lowest BCUT2D eigenvalue weighted by atomic mass is 9.80. The van der Waals surface area contributed by atoms with Crippen molar-refractivity contribution in [3.05, 3.63) is 101 Å². The number of fused-ring (bicyclic) bond motifs is 1. The second kappa shape index (κ2) is 10.8. The van der Waals surface area contributed by atoms with Crippen LogP contribution in [0.3, 0.4) is 0 Å². The Hall–Kier alpha value is -3.20. The number of rotatable bonds is 7. The van der Waals surface area contributed by atoms with Crippen molar-refractivity contribution < 1.29 is 28.7 Å². The highest BCUT2D eigenvalue weighted by Crippen LogP contribution is 2.43. The standard InChI is InChI=1S/C28H22I2N2O7/c1-28(2)38-26(33)24(27(34)39-28)23(19-13-31-22-6-4-3-5-18(19)22)16-11-20(29)25(21(30)12-16)37-14-15-7-9-17(10-8-15)32(35)36/h3-13,23-24,31H,14H2,1-2H3/t23-/m1/s1. The molecule has 1 aliphatic heterocycles. The molecule has 0 aliphatic carbocycles. The molecule has 0 spiro atoms. The first-order valence-electron chi connectivity index (χ1n) is 11.9. The van der Waals surface area contributed by atoms with E-state index in [9.17, 15) is 19.7 Å². The second-order valence-corrected chi connectivity index (χ2v) is 11.8. The van der Waals surface area contributed by atoms with Crippen molar-refractivity contribution in [2.45, 2.75) is 32.2 Å². The molecule has 11 heteroatoms. The van der Waals surface area contributed by atoms with Gasteiger partial charge in [-0.2, -0.15) is 0 Å². The number of halogens is 2. The number of nitrogens with one attached hydrogen (secondary N) is 1. The van der Waals surface area contributed by atoms with Gasteiger partial charge in [-0.1, -0.05) is 18.2 Å². The minimum atomic E-state index is -1.34. The lowest BCUT2D eigenvalue weighted by Crippen LogP contribution is -2.48. The van der Waals surface area contributed by atoms with Crippen LogP contribution in [0.1, 0.15) is 36.5 Å². The van der Waals surface area contributed by atoms with Crippen LogP contribution >= 0.6 is 45.2 Å². The normalized spacial score (nSPS) is 16.0. The van der Waals surface area contributed by atoms with Crippen LogP contribution in [0, 0.1) is 23.2 Å². The highest BCUT2D eigenvalue weighted by molar-refractivity contribution is 14.1. The van der Waals surface area contributed by atoms with Crippen molar-refractivity contribution in [3.63, 3.8) is 0 Å². The van der Waals surface area contributed by atoms with Gasteiger partial charge in [-0.3, -0.25) is 19.7 Å². The lowest BCUT2D eigenvalue weighted by molar-refractivity contribution is -0.384. The van der Waals surface area contributed by atoms with Crippen LogP contribution < -0.4 is 4.74 Å². The van der Waals surface area contributed by atoms with E-state index in [0.717, 1.165) is 34.7 Å². The van der Waals surface area contributed by atoms with Gasteiger partial charge < -0.3 is 19.2 Å². The highest BCUT2D eigenvalue weighted by atomic mass is 127. The summed E-state index contributed by atoms with van der Waals surface area (Å²) in [5.41, 5.74) is 3.18. The summed E-state index contributed by atoms with van der Waals surface area (Å²) >= 11 is 4.33. The Kier molecular flexibility index (Phi) is 7.55. The molecule has 1 atom stereocenters. The van der Waals surface area contributed by atoms with Crippen LogP contribution in [0.5, 0.6) is 5.75 Å².